The van der Waals surface area contributed by atoms with Crippen LogP contribution in [0.2, 0.25) is 0 Å². The van der Waals surface area contributed by atoms with Crippen LogP contribution in [0.25, 0.3) is 0 Å². The fraction of sp³-hybridized carbons (Fsp3) is 0.793. The van der Waals surface area contributed by atoms with Crippen molar-refractivity contribution >= 4 is 70.9 Å². The molecule has 0 radical (unpaired) electrons. The second kappa shape index (κ2) is 33.8. The Morgan fingerprint density at radius 2 is 1.00 bits per heavy atom. The molecule has 12 amide bonds. The molecule has 2 heterocycles. The monoisotopic (exact) mass is 1170 g/mol. The molecule has 0 spiro atoms. The molecule has 2 rings (SSSR count). The Kier molecular flexibility index (Phi) is 29.6. The molecule has 472 valence electrons. The highest BCUT2D eigenvalue weighted by Gasteiger charge is 2.44. The molecular weight excluding hydrogens is 1070 g/mol. The molecule has 2 saturated heterocycles. The fourth-order valence-electron chi connectivity index (χ4n) is 9.97. The Hall–Kier alpha value is -6.40. The first kappa shape index (κ1) is 72.7. The molecule has 2 aliphatic rings. The van der Waals surface area contributed by atoms with Gasteiger partial charge in [0.2, 0.25) is 70.9 Å². The summed E-state index contributed by atoms with van der Waals surface area (Å²) in [6.07, 6.45) is -0.124. The van der Waals surface area contributed by atoms with Crippen LogP contribution in [0.3, 0.4) is 0 Å². The molecular formula is C58H102N12O13. The zero-order valence-corrected chi connectivity index (χ0v) is 52.7. The third-order valence-electron chi connectivity index (χ3n) is 15.1. The topological polar surface area (TPSA) is 343 Å². The zero-order valence-electron chi connectivity index (χ0n) is 52.7. The molecule has 10 N–H and O–H groups in total. The lowest BCUT2D eigenvalue weighted by Gasteiger charge is -2.36. The Bertz CT molecular complexity index is 2280. The van der Waals surface area contributed by atoms with Crippen LogP contribution in [-0.4, -0.2) is 190 Å². The number of hydrogen-bond donors (Lipinski definition) is 10. The lowest BCUT2D eigenvalue weighted by Crippen LogP contribution is -2.61. The third kappa shape index (κ3) is 22.6. The summed E-state index contributed by atoms with van der Waals surface area (Å²) in [6.45, 7) is 26.8. The van der Waals surface area contributed by atoms with Gasteiger partial charge < -0.3 is 67.7 Å². The van der Waals surface area contributed by atoms with Gasteiger partial charge in [-0.2, -0.15) is 0 Å². The van der Waals surface area contributed by atoms with E-state index in [1.807, 2.05) is 62.3 Å². The Morgan fingerprint density at radius 3 is 1.52 bits per heavy atom. The predicted octanol–water partition coefficient (Wildman–Crippen LogP) is 0.357. The van der Waals surface area contributed by atoms with Gasteiger partial charge in [0, 0.05) is 33.1 Å². The summed E-state index contributed by atoms with van der Waals surface area (Å²) in [6, 6.07) is -12.8. The van der Waals surface area contributed by atoms with Crippen LogP contribution >= 0.6 is 0 Å². The minimum absolute atomic E-state index is 0.0991. The number of likely N-dealkylation sites (N-methyl/N-ethyl adjacent to an activating group) is 2. The molecule has 2 fully saturated rings. The van der Waals surface area contributed by atoms with Crippen molar-refractivity contribution in [3.63, 3.8) is 0 Å². The van der Waals surface area contributed by atoms with E-state index in [9.17, 15) is 62.6 Å². The summed E-state index contributed by atoms with van der Waals surface area (Å²) in [4.78, 5) is 172. The number of carbonyl (C=O) groups is 12. The van der Waals surface area contributed by atoms with Gasteiger partial charge in [0.25, 0.3) is 0 Å². The quantitative estimate of drug-likeness (QED) is 0.126. The number of aliphatic hydroxyl groups is 1. The highest BCUT2D eigenvalue weighted by Crippen LogP contribution is 2.25. The van der Waals surface area contributed by atoms with E-state index in [0.717, 1.165) is 4.90 Å². The van der Waals surface area contributed by atoms with Crippen molar-refractivity contribution in [3.8, 4) is 0 Å². The number of aliphatic hydroxyl groups excluding tert-OH is 1. The molecule has 25 heteroatoms. The number of amides is 12. The molecule has 0 saturated carbocycles. The Labute approximate surface area is 491 Å². The van der Waals surface area contributed by atoms with Crippen LogP contribution in [0.5, 0.6) is 0 Å². The van der Waals surface area contributed by atoms with Crippen molar-refractivity contribution in [2.24, 2.45) is 35.5 Å². The average Bonchev–Trinajstić information content (AvgIpc) is 3.94. The van der Waals surface area contributed by atoms with E-state index >= 15 is 0 Å². The van der Waals surface area contributed by atoms with Gasteiger partial charge in [0.1, 0.15) is 60.4 Å². The summed E-state index contributed by atoms with van der Waals surface area (Å²) in [5.74, 6) is -9.85. The summed E-state index contributed by atoms with van der Waals surface area (Å²) in [5.41, 5.74) is 0. The number of carbonyl (C=O) groups excluding carboxylic acids is 12. The molecule has 83 heavy (non-hydrogen) atoms. The minimum Gasteiger partial charge on any atom is -0.391 e. The predicted molar refractivity (Wildman–Crippen MR) is 312 cm³/mol. The zero-order chi connectivity index (χ0) is 63.5. The van der Waals surface area contributed by atoms with Crippen LogP contribution < -0.4 is 47.9 Å². The van der Waals surface area contributed by atoms with Crippen molar-refractivity contribution in [3.05, 3.63) is 0 Å². The normalized spacial score (nSPS) is 28.6. The molecule has 0 aromatic heterocycles. The number of rotatable bonds is 12. The highest BCUT2D eigenvalue weighted by molar-refractivity contribution is 5.99. The first-order valence-electron chi connectivity index (χ1n) is 29.7. The van der Waals surface area contributed by atoms with E-state index < -0.39 is 162 Å². The highest BCUT2D eigenvalue weighted by atomic mass is 16.3. The van der Waals surface area contributed by atoms with Gasteiger partial charge in [-0.3, -0.25) is 57.5 Å². The maximum absolute atomic E-state index is 14.5. The molecule has 0 aromatic rings. The molecule has 2 aliphatic heterocycles. The number of fused-ring (bicyclic) bond motifs is 1. The number of nitrogens with zero attached hydrogens (tertiary/aromatic N) is 3. The van der Waals surface area contributed by atoms with Crippen molar-refractivity contribution in [1.29, 1.82) is 0 Å². The maximum Gasteiger partial charge on any atom is 0.246 e. The van der Waals surface area contributed by atoms with E-state index in [2.05, 4.69) is 47.9 Å². The van der Waals surface area contributed by atoms with Crippen LogP contribution in [0.4, 0.5) is 0 Å². The lowest BCUT2D eigenvalue weighted by atomic mass is 9.96. The third-order valence-corrected chi connectivity index (χ3v) is 15.1. The van der Waals surface area contributed by atoms with Crippen molar-refractivity contribution in [2.45, 2.75) is 235 Å². The molecule has 0 aliphatic carbocycles. The van der Waals surface area contributed by atoms with Crippen molar-refractivity contribution in [1.82, 2.24) is 62.6 Å². The van der Waals surface area contributed by atoms with Gasteiger partial charge in [0.05, 0.1) is 12.6 Å². The van der Waals surface area contributed by atoms with Gasteiger partial charge in [-0.15, -0.1) is 0 Å². The van der Waals surface area contributed by atoms with E-state index in [-0.39, 0.29) is 68.7 Å². The van der Waals surface area contributed by atoms with Crippen LogP contribution in [-0.2, 0) is 57.5 Å². The lowest BCUT2D eigenvalue weighted by molar-refractivity contribution is -0.149. The average molecular weight is 1180 g/mol. The van der Waals surface area contributed by atoms with Crippen molar-refractivity contribution < 1.29 is 62.6 Å². The summed E-state index contributed by atoms with van der Waals surface area (Å²) < 4.78 is 0. The summed E-state index contributed by atoms with van der Waals surface area (Å²) in [7, 11) is 2.77. The van der Waals surface area contributed by atoms with Gasteiger partial charge in [-0.1, -0.05) is 89.5 Å². The second-order valence-corrected chi connectivity index (χ2v) is 25.0. The molecule has 13 atom stereocenters. The van der Waals surface area contributed by atoms with Crippen LogP contribution in [0.1, 0.15) is 162 Å². The van der Waals surface area contributed by atoms with E-state index in [4.69, 9.17) is 0 Å². The largest absolute Gasteiger partial charge is 0.391 e. The molecule has 0 unspecified atom stereocenters. The Balaban J connectivity index is 2.68. The maximum atomic E-state index is 14.5. The number of nitrogens with one attached hydrogen (secondary N) is 9. The van der Waals surface area contributed by atoms with Gasteiger partial charge in [-0.25, -0.2) is 0 Å². The summed E-state index contributed by atoms with van der Waals surface area (Å²) >= 11 is 0. The van der Waals surface area contributed by atoms with Crippen LogP contribution in [0, 0.1) is 35.5 Å². The van der Waals surface area contributed by atoms with E-state index in [0.29, 0.717) is 12.8 Å². The number of hydrogen-bond acceptors (Lipinski definition) is 13. The smallest absolute Gasteiger partial charge is 0.246 e. The standard InChI is InChI=1S/C58H102N12O13/c1-19-34(12)47-58(83)70-22-20-21-42(70)57(82)69(18)43(26-32(8)9)53(78)67-48(38(16)71)54(79)59-28-45(73)62-41(25-31(6)7)56(81)68(17)37(15)50(75)65-46(33(10)11)55(80)64-40(24-30(4)5)52(77)63-39(23-29(2)3)51(76)60-35(13)27-44(72)61-36(14)49(74)66-47/h29-43,46-48,71H,19-28H2,1-18H3,(H,59,79)(H,60,76)(H,61,72)(H,62,73)(H,63,77)(H,64,80)(H,65,75)(H,66,74)(H,67,78)/t34-,35+,36-,37-,38+,39-,40-,41-,42-,43-,46-,47-,48-/m0/s1. The SMILES string of the molecule is CC[C@H](C)[C@@H]1NC(=O)[C@H](C)NC(=O)C[C@@H](C)NC(=O)[C@H](CC(C)C)NC(=O)[C@H](CC(C)C)NC(=O)[C@H](C(C)C)NC(=O)[C@H](C)N(C)C(=O)[C@H](CC(C)C)NC(=O)CNC(=O)[C@H]([C@@H](C)O)NC(=O)[C@H](CC(C)C)N(C)C(=O)[C@@H]2CCCN2C1=O. The first-order chi connectivity index (χ1) is 38.5. The van der Waals surface area contributed by atoms with Crippen LogP contribution in [0.15, 0.2) is 0 Å². The minimum atomic E-state index is -1.62. The molecule has 0 aromatic carbocycles. The van der Waals surface area contributed by atoms with Crippen molar-refractivity contribution in [2.75, 3.05) is 27.2 Å². The van der Waals surface area contributed by atoms with E-state index in [1.165, 1.54) is 44.7 Å². The Morgan fingerprint density at radius 1 is 0.494 bits per heavy atom. The fourth-order valence-corrected chi connectivity index (χ4v) is 9.97. The van der Waals surface area contributed by atoms with Gasteiger partial charge in [0.15, 0.2) is 0 Å². The first-order valence-corrected chi connectivity index (χ1v) is 29.7. The molecule has 0 bridgehead atoms. The summed E-state index contributed by atoms with van der Waals surface area (Å²) in [5, 5.41) is 34.9. The van der Waals surface area contributed by atoms with Gasteiger partial charge in [-0.05, 0) is 102 Å². The van der Waals surface area contributed by atoms with E-state index in [1.54, 1.807) is 27.7 Å². The van der Waals surface area contributed by atoms with Gasteiger partial charge >= 0.3 is 0 Å². The second-order valence-electron chi connectivity index (χ2n) is 25.0. The molecule has 25 nitrogen and oxygen atoms in total.